The van der Waals surface area contributed by atoms with E-state index in [0.717, 1.165) is 19.6 Å². The Labute approximate surface area is 117 Å². The van der Waals surface area contributed by atoms with E-state index < -0.39 is 0 Å². The summed E-state index contributed by atoms with van der Waals surface area (Å²) in [7, 11) is 0. The zero-order chi connectivity index (χ0) is 14.3. The first kappa shape index (κ1) is 16.4. The van der Waals surface area contributed by atoms with Crippen molar-refractivity contribution in [2.75, 3.05) is 26.2 Å². The third kappa shape index (κ3) is 6.39. The quantitative estimate of drug-likeness (QED) is 0.685. The molecule has 2 unspecified atom stereocenters. The number of ether oxygens (including phenoxy) is 1. The van der Waals surface area contributed by atoms with Crippen molar-refractivity contribution in [2.24, 2.45) is 5.92 Å². The summed E-state index contributed by atoms with van der Waals surface area (Å²) in [5.41, 5.74) is 0. The van der Waals surface area contributed by atoms with Gasteiger partial charge in [-0.3, -0.25) is 9.69 Å². The molecule has 0 aliphatic carbocycles. The predicted octanol–water partition coefficient (Wildman–Crippen LogP) is 2.04. The monoisotopic (exact) mass is 270 g/mol. The Kier molecular flexibility index (Phi) is 7.39. The maximum Gasteiger partial charge on any atom is 0.307 e. The number of hydrogen-bond donors (Lipinski definition) is 1. The summed E-state index contributed by atoms with van der Waals surface area (Å²) >= 11 is 0. The SMILES string of the molecule is CCOC(=O)CC(C)N(CC(C)C)CC1CCCN1. The molecule has 0 bridgehead atoms. The Morgan fingerprint density at radius 2 is 2.16 bits per heavy atom. The summed E-state index contributed by atoms with van der Waals surface area (Å²) in [6.45, 7) is 12.1. The van der Waals surface area contributed by atoms with Crippen LogP contribution in [0.5, 0.6) is 0 Å². The second-order valence-corrected chi connectivity index (χ2v) is 6.00. The van der Waals surface area contributed by atoms with Gasteiger partial charge >= 0.3 is 5.97 Å². The van der Waals surface area contributed by atoms with Gasteiger partial charge in [-0.05, 0) is 39.2 Å². The lowest BCUT2D eigenvalue weighted by Gasteiger charge is -2.32. The van der Waals surface area contributed by atoms with Crippen LogP contribution in [0.1, 0.15) is 47.0 Å². The fraction of sp³-hybridized carbons (Fsp3) is 0.933. The van der Waals surface area contributed by atoms with Gasteiger partial charge in [-0.1, -0.05) is 13.8 Å². The van der Waals surface area contributed by atoms with Crippen molar-refractivity contribution in [3.05, 3.63) is 0 Å². The Balaban J connectivity index is 2.48. The number of carbonyl (C=O) groups is 1. The third-order valence-electron chi connectivity index (χ3n) is 3.61. The molecule has 1 heterocycles. The van der Waals surface area contributed by atoms with Crippen molar-refractivity contribution in [1.82, 2.24) is 10.2 Å². The van der Waals surface area contributed by atoms with Gasteiger partial charge in [-0.2, -0.15) is 0 Å². The van der Waals surface area contributed by atoms with Crippen LogP contribution in [0, 0.1) is 5.92 Å². The van der Waals surface area contributed by atoms with E-state index in [1.165, 1.54) is 12.8 Å². The van der Waals surface area contributed by atoms with Gasteiger partial charge in [0, 0.05) is 25.2 Å². The highest BCUT2D eigenvalue weighted by Crippen LogP contribution is 2.13. The van der Waals surface area contributed by atoms with E-state index in [9.17, 15) is 4.79 Å². The number of nitrogens with one attached hydrogen (secondary N) is 1. The van der Waals surface area contributed by atoms with Crippen molar-refractivity contribution >= 4 is 5.97 Å². The van der Waals surface area contributed by atoms with Gasteiger partial charge in [0.2, 0.25) is 0 Å². The molecule has 1 fully saturated rings. The smallest absolute Gasteiger partial charge is 0.307 e. The number of nitrogens with zero attached hydrogens (tertiary/aromatic N) is 1. The first-order valence-corrected chi connectivity index (χ1v) is 7.66. The molecule has 0 radical (unpaired) electrons. The molecule has 112 valence electrons. The van der Waals surface area contributed by atoms with E-state index in [2.05, 4.69) is 31.0 Å². The average molecular weight is 270 g/mol. The number of carbonyl (C=O) groups excluding carboxylic acids is 1. The van der Waals surface area contributed by atoms with Crippen LogP contribution in [0.3, 0.4) is 0 Å². The van der Waals surface area contributed by atoms with Crippen LogP contribution in [0.2, 0.25) is 0 Å². The Hall–Kier alpha value is -0.610. The predicted molar refractivity (Wildman–Crippen MR) is 78.1 cm³/mol. The Bertz CT molecular complexity index is 263. The van der Waals surface area contributed by atoms with Crippen LogP contribution in [0.25, 0.3) is 0 Å². The number of hydrogen-bond acceptors (Lipinski definition) is 4. The molecule has 1 N–H and O–H groups in total. The fourth-order valence-corrected chi connectivity index (χ4v) is 2.69. The first-order valence-electron chi connectivity index (χ1n) is 7.66. The van der Waals surface area contributed by atoms with Crippen molar-refractivity contribution in [1.29, 1.82) is 0 Å². The van der Waals surface area contributed by atoms with E-state index in [4.69, 9.17) is 4.74 Å². The molecule has 2 atom stereocenters. The summed E-state index contributed by atoms with van der Waals surface area (Å²) in [5, 5.41) is 3.54. The highest BCUT2D eigenvalue weighted by Gasteiger charge is 2.23. The maximum atomic E-state index is 11.6. The average Bonchev–Trinajstić information content (AvgIpc) is 2.80. The molecule has 0 saturated carbocycles. The lowest BCUT2D eigenvalue weighted by molar-refractivity contribution is -0.144. The molecule has 0 spiro atoms. The van der Waals surface area contributed by atoms with E-state index in [1.807, 2.05) is 6.92 Å². The Morgan fingerprint density at radius 1 is 1.42 bits per heavy atom. The Morgan fingerprint density at radius 3 is 2.68 bits per heavy atom. The van der Waals surface area contributed by atoms with Gasteiger partial charge in [0.25, 0.3) is 0 Å². The molecular weight excluding hydrogens is 240 g/mol. The lowest BCUT2D eigenvalue weighted by atomic mass is 10.1. The molecule has 4 nitrogen and oxygen atoms in total. The third-order valence-corrected chi connectivity index (χ3v) is 3.61. The van der Waals surface area contributed by atoms with Crippen molar-refractivity contribution in [2.45, 2.75) is 59.0 Å². The van der Waals surface area contributed by atoms with Gasteiger partial charge in [-0.25, -0.2) is 0 Å². The van der Waals surface area contributed by atoms with Gasteiger partial charge in [0.1, 0.15) is 0 Å². The largest absolute Gasteiger partial charge is 0.466 e. The number of esters is 1. The van der Waals surface area contributed by atoms with E-state index in [-0.39, 0.29) is 12.0 Å². The minimum absolute atomic E-state index is 0.0804. The van der Waals surface area contributed by atoms with Crippen molar-refractivity contribution in [3.63, 3.8) is 0 Å². The van der Waals surface area contributed by atoms with Gasteiger partial charge in [-0.15, -0.1) is 0 Å². The maximum absolute atomic E-state index is 11.6. The zero-order valence-corrected chi connectivity index (χ0v) is 12.9. The zero-order valence-electron chi connectivity index (χ0n) is 12.9. The summed E-state index contributed by atoms with van der Waals surface area (Å²) in [6.07, 6.45) is 3.01. The molecular formula is C15H30N2O2. The fourth-order valence-electron chi connectivity index (χ4n) is 2.69. The summed E-state index contributed by atoms with van der Waals surface area (Å²) in [4.78, 5) is 14.1. The van der Waals surface area contributed by atoms with Crippen LogP contribution in [0.4, 0.5) is 0 Å². The second-order valence-electron chi connectivity index (χ2n) is 6.00. The molecule has 19 heavy (non-hydrogen) atoms. The minimum Gasteiger partial charge on any atom is -0.466 e. The molecule has 0 amide bonds. The van der Waals surface area contributed by atoms with Gasteiger partial charge < -0.3 is 10.1 Å². The van der Waals surface area contributed by atoms with E-state index in [0.29, 0.717) is 25.0 Å². The minimum atomic E-state index is -0.0804. The molecule has 0 aromatic carbocycles. The normalized spacial score (nSPS) is 21.1. The van der Waals surface area contributed by atoms with Crippen molar-refractivity contribution in [3.8, 4) is 0 Å². The van der Waals surface area contributed by atoms with E-state index >= 15 is 0 Å². The summed E-state index contributed by atoms with van der Waals surface area (Å²) < 4.78 is 5.06. The lowest BCUT2D eigenvalue weighted by Crippen LogP contribution is -2.44. The van der Waals surface area contributed by atoms with Crippen LogP contribution in [-0.2, 0) is 9.53 Å². The molecule has 1 aliphatic heterocycles. The van der Waals surface area contributed by atoms with Crippen LogP contribution < -0.4 is 5.32 Å². The topological polar surface area (TPSA) is 41.6 Å². The second kappa shape index (κ2) is 8.54. The van der Waals surface area contributed by atoms with Gasteiger partial charge in [0.05, 0.1) is 13.0 Å². The standard InChI is InChI=1S/C15H30N2O2/c1-5-19-15(18)9-13(4)17(10-12(2)3)11-14-7-6-8-16-14/h12-14,16H,5-11H2,1-4H3. The van der Waals surface area contributed by atoms with E-state index in [1.54, 1.807) is 0 Å². The number of rotatable bonds is 8. The molecule has 1 saturated heterocycles. The summed E-state index contributed by atoms with van der Waals surface area (Å²) in [6, 6.07) is 0.840. The van der Waals surface area contributed by atoms with Gasteiger partial charge in [0.15, 0.2) is 0 Å². The molecule has 0 aromatic rings. The molecule has 1 aliphatic rings. The van der Waals surface area contributed by atoms with Crippen LogP contribution >= 0.6 is 0 Å². The molecule has 0 aromatic heterocycles. The van der Waals surface area contributed by atoms with Crippen LogP contribution in [0.15, 0.2) is 0 Å². The van der Waals surface area contributed by atoms with Crippen LogP contribution in [-0.4, -0.2) is 49.2 Å². The highest BCUT2D eigenvalue weighted by molar-refractivity contribution is 5.70. The molecule has 4 heteroatoms. The molecule has 1 rings (SSSR count). The summed E-state index contributed by atoms with van der Waals surface area (Å²) in [5.74, 6) is 0.536. The van der Waals surface area contributed by atoms with Crippen molar-refractivity contribution < 1.29 is 9.53 Å². The highest BCUT2D eigenvalue weighted by atomic mass is 16.5. The first-order chi connectivity index (χ1) is 9.02.